The van der Waals surface area contributed by atoms with Crippen molar-refractivity contribution in [3.63, 3.8) is 0 Å². The van der Waals surface area contributed by atoms with E-state index in [4.69, 9.17) is 19.6 Å². The Bertz CT molecular complexity index is 381. The molecular weight excluding hydrogens is 340 g/mol. The average molecular weight is 373 g/mol. The van der Waals surface area contributed by atoms with Gasteiger partial charge in [-0.15, -0.1) is 0 Å². The largest absolute Gasteiger partial charge is 0.342 e. The molecule has 140 valence electrons. The zero-order chi connectivity index (χ0) is 17.8. The topological polar surface area (TPSA) is 127 Å². The van der Waals surface area contributed by atoms with Crippen LogP contribution in [0.25, 0.3) is 0 Å². The van der Waals surface area contributed by atoms with E-state index in [9.17, 15) is 9.13 Å². The Labute approximate surface area is 139 Å². The van der Waals surface area contributed by atoms with Gasteiger partial charge in [0.05, 0.1) is 6.16 Å². The molecular formula is C14H33NO6P2. The van der Waals surface area contributed by atoms with Gasteiger partial charge in [-0.05, 0) is 13.0 Å². The van der Waals surface area contributed by atoms with E-state index >= 15 is 0 Å². The summed E-state index contributed by atoms with van der Waals surface area (Å²) in [5.74, 6) is -1.47. The van der Waals surface area contributed by atoms with E-state index in [1.165, 1.54) is 38.5 Å². The van der Waals surface area contributed by atoms with Gasteiger partial charge in [0.1, 0.15) is 5.78 Å². The van der Waals surface area contributed by atoms with E-state index in [0.29, 0.717) is 6.54 Å². The summed E-state index contributed by atoms with van der Waals surface area (Å²) in [6, 6.07) is 0. The van der Waals surface area contributed by atoms with E-state index in [-0.39, 0.29) is 0 Å². The first-order chi connectivity index (χ1) is 10.7. The molecule has 7 nitrogen and oxygen atoms in total. The summed E-state index contributed by atoms with van der Waals surface area (Å²) < 4.78 is 22.1. The number of nitrogens with one attached hydrogen (secondary N) is 1. The summed E-state index contributed by atoms with van der Waals surface area (Å²) in [4.78, 5) is 35.9. The number of rotatable bonds is 15. The molecule has 0 saturated heterocycles. The molecule has 0 fully saturated rings. The van der Waals surface area contributed by atoms with E-state index in [0.717, 1.165) is 25.7 Å². The maximum Gasteiger partial charge on any atom is 0.342 e. The minimum Gasteiger partial charge on any atom is -0.324 e. The van der Waals surface area contributed by atoms with E-state index in [1.807, 2.05) is 0 Å². The van der Waals surface area contributed by atoms with Gasteiger partial charge >= 0.3 is 15.2 Å². The molecule has 0 spiro atoms. The molecule has 0 aromatic carbocycles. The van der Waals surface area contributed by atoms with Gasteiger partial charge in [0.15, 0.2) is 0 Å². The molecule has 0 heterocycles. The summed E-state index contributed by atoms with van der Waals surface area (Å²) in [6.45, 7) is 2.55. The lowest BCUT2D eigenvalue weighted by molar-refractivity contribution is 0.335. The second kappa shape index (κ2) is 12.6. The minimum absolute atomic E-state index is 0.353. The van der Waals surface area contributed by atoms with Crippen molar-refractivity contribution in [1.29, 1.82) is 0 Å². The molecule has 1 unspecified atom stereocenters. The molecule has 9 heteroatoms. The van der Waals surface area contributed by atoms with Crippen molar-refractivity contribution >= 4 is 15.2 Å². The summed E-state index contributed by atoms with van der Waals surface area (Å²) >= 11 is 0. The highest BCUT2D eigenvalue weighted by molar-refractivity contribution is 7.56. The Hall–Kier alpha value is 0.260. The van der Waals surface area contributed by atoms with Crippen molar-refractivity contribution in [1.82, 2.24) is 5.32 Å². The van der Waals surface area contributed by atoms with Crippen LogP contribution < -0.4 is 5.32 Å². The fraction of sp³-hybridized carbons (Fsp3) is 1.00. The number of hydrogen-bond donors (Lipinski definition) is 5. The van der Waals surface area contributed by atoms with Gasteiger partial charge in [-0.1, -0.05) is 64.7 Å². The fourth-order valence-electron chi connectivity index (χ4n) is 2.40. The highest BCUT2D eigenvalue weighted by atomic mass is 31.2. The van der Waals surface area contributed by atoms with Crippen LogP contribution in [0, 0.1) is 0 Å². The van der Waals surface area contributed by atoms with Gasteiger partial charge in [-0.2, -0.15) is 0 Å². The van der Waals surface area contributed by atoms with Gasteiger partial charge in [0.25, 0.3) is 0 Å². The van der Waals surface area contributed by atoms with Crippen LogP contribution >= 0.6 is 15.2 Å². The quantitative estimate of drug-likeness (QED) is 0.220. The second-order valence-corrected chi connectivity index (χ2v) is 9.58. The van der Waals surface area contributed by atoms with Crippen LogP contribution in [0.5, 0.6) is 0 Å². The van der Waals surface area contributed by atoms with Crippen LogP contribution in [0.2, 0.25) is 0 Å². The maximum atomic E-state index is 11.2. The Balaban J connectivity index is 3.68. The summed E-state index contributed by atoms with van der Waals surface area (Å²) in [5, 5.41) is 2.59. The monoisotopic (exact) mass is 373 g/mol. The van der Waals surface area contributed by atoms with Gasteiger partial charge < -0.3 is 24.9 Å². The molecule has 0 aliphatic rings. The zero-order valence-corrected chi connectivity index (χ0v) is 15.9. The molecule has 23 heavy (non-hydrogen) atoms. The second-order valence-electron chi connectivity index (χ2n) is 6.09. The third kappa shape index (κ3) is 15.5. The van der Waals surface area contributed by atoms with Crippen LogP contribution in [0.3, 0.4) is 0 Å². The third-order valence-corrected chi connectivity index (χ3v) is 6.03. The molecule has 0 rings (SSSR count). The van der Waals surface area contributed by atoms with E-state index in [1.54, 1.807) is 0 Å². The molecule has 5 N–H and O–H groups in total. The van der Waals surface area contributed by atoms with Crippen molar-refractivity contribution < 1.29 is 28.7 Å². The lowest BCUT2D eigenvalue weighted by Crippen LogP contribution is -2.33. The molecule has 0 saturated carbocycles. The van der Waals surface area contributed by atoms with E-state index < -0.39 is 27.1 Å². The fourth-order valence-corrected chi connectivity index (χ4v) is 4.83. The predicted molar refractivity (Wildman–Crippen MR) is 92.6 cm³/mol. The highest BCUT2D eigenvalue weighted by Gasteiger charge is 2.34. The highest BCUT2D eigenvalue weighted by Crippen LogP contribution is 2.47. The molecule has 0 aromatic heterocycles. The SMILES string of the molecule is CCCCCCCCCCCCNC(CP(=O)(O)O)P(=O)(O)O. The molecule has 0 bridgehead atoms. The van der Waals surface area contributed by atoms with Crippen LogP contribution in [0.1, 0.15) is 71.1 Å². The van der Waals surface area contributed by atoms with Gasteiger partial charge in [0.2, 0.25) is 0 Å². The Morgan fingerprint density at radius 1 is 0.783 bits per heavy atom. The van der Waals surface area contributed by atoms with Crippen molar-refractivity contribution in [2.45, 2.75) is 76.9 Å². The average Bonchev–Trinajstić information content (AvgIpc) is 2.41. The van der Waals surface area contributed by atoms with E-state index in [2.05, 4.69) is 12.2 Å². The minimum atomic E-state index is -4.56. The first-order valence-electron chi connectivity index (χ1n) is 8.50. The number of hydrogen-bond acceptors (Lipinski definition) is 3. The summed E-state index contributed by atoms with van der Waals surface area (Å²) in [5.41, 5.74) is 0. The van der Waals surface area contributed by atoms with Crippen LogP contribution in [-0.2, 0) is 9.13 Å². The first kappa shape index (κ1) is 23.3. The van der Waals surface area contributed by atoms with Crippen LogP contribution in [0.4, 0.5) is 0 Å². The van der Waals surface area contributed by atoms with Crippen LogP contribution in [-0.4, -0.2) is 38.1 Å². The first-order valence-corrected chi connectivity index (χ1v) is 12.0. The maximum absolute atomic E-state index is 11.2. The Kier molecular flexibility index (Phi) is 12.7. The van der Waals surface area contributed by atoms with Gasteiger partial charge in [0, 0.05) is 0 Å². The van der Waals surface area contributed by atoms with Crippen molar-refractivity contribution in [2.24, 2.45) is 0 Å². The molecule has 0 aliphatic carbocycles. The molecule has 0 radical (unpaired) electrons. The zero-order valence-electron chi connectivity index (χ0n) is 14.1. The summed E-state index contributed by atoms with van der Waals surface area (Å²) in [6.07, 6.45) is 10.7. The lowest BCUT2D eigenvalue weighted by atomic mass is 10.1. The molecule has 1 atom stereocenters. The molecule has 0 aromatic rings. The third-order valence-electron chi connectivity index (χ3n) is 3.73. The normalized spacial score (nSPS) is 14.1. The van der Waals surface area contributed by atoms with Gasteiger partial charge in [-0.25, -0.2) is 0 Å². The Morgan fingerprint density at radius 3 is 1.61 bits per heavy atom. The van der Waals surface area contributed by atoms with Crippen molar-refractivity contribution in [2.75, 3.05) is 12.7 Å². The standard InChI is InChI=1S/C14H33NO6P2/c1-2-3-4-5-6-7-8-9-10-11-12-15-14(23(19,20)21)13-22(16,17)18/h14-15H,2-13H2,1H3,(H2,16,17,18)(H2,19,20,21). The van der Waals surface area contributed by atoms with Crippen molar-refractivity contribution in [3.8, 4) is 0 Å². The smallest absolute Gasteiger partial charge is 0.324 e. The van der Waals surface area contributed by atoms with Crippen LogP contribution in [0.15, 0.2) is 0 Å². The molecule has 0 amide bonds. The van der Waals surface area contributed by atoms with Gasteiger partial charge in [-0.3, -0.25) is 9.13 Å². The van der Waals surface area contributed by atoms with Crippen molar-refractivity contribution in [3.05, 3.63) is 0 Å². The molecule has 0 aliphatic heterocycles. The summed E-state index contributed by atoms with van der Waals surface area (Å²) in [7, 11) is -9.01. The lowest BCUT2D eigenvalue weighted by Gasteiger charge is -2.20. The Morgan fingerprint density at radius 2 is 1.22 bits per heavy atom. The number of unbranched alkanes of at least 4 members (excludes halogenated alkanes) is 9. The predicted octanol–water partition coefficient (Wildman–Crippen LogP) is 3.18.